The summed E-state index contributed by atoms with van der Waals surface area (Å²) in [6.07, 6.45) is 3.59. The van der Waals surface area contributed by atoms with E-state index in [2.05, 4.69) is 14.9 Å². The van der Waals surface area contributed by atoms with Gasteiger partial charge in [0.1, 0.15) is 0 Å². The fourth-order valence-electron chi connectivity index (χ4n) is 1.64. The smallest absolute Gasteiger partial charge is 0.0598 e. The standard InChI is InChI=1S/C13H16N4/c1-17(10-11-4-2-3-6-15-11)13-5-7-16-12(8-13)9-14/h2-8H,9-10,14H2,1H3. The molecule has 0 amide bonds. The minimum absolute atomic E-state index is 0.464. The van der Waals surface area contributed by atoms with Crippen molar-refractivity contribution in [2.24, 2.45) is 5.73 Å². The number of rotatable bonds is 4. The fourth-order valence-corrected chi connectivity index (χ4v) is 1.64. The first kappa shape index (κ1) is 11.5. The molecule has 0 aliphatic heterocycles. The molecule has 4 nitrogen and oxygen atoms in total. The summed E-state index contributed by atoms with van der Waals surface area (Å²) in [6, 6.07) is 9.91. The van der Waals surface area contributed by atoms with Crippen LogP contribution in [-0.4, -0.2) is 17.0 Å². The van der Waals surface area contributed by atoms with Gasteiger partial charge in [0.15, 0.2) is 0 Å². The van der Waals surface area contributed by atoms with Crippen molar-refractivity contribution in [3.8, 4) is 0 Å². The third-order valence-electron chi connectivity index (χ3n) is 2.58. The van der Waals surface area contributed by atoms with Crippen LogP contribution >= 0.6 is 0 Å². The van der Waals surface area contributed by atoms with Gasteiger partial charge in [-0.3, -0.25) is 9.97 Å². The number of anilines is 1. The van der Waals surface area contributed by atoms with E-state index >= 15 is 0 Å². The van der Waals surface area contributed by atoms with Crippen molar-refractivity contribution in [3.63, 3.8) is 0 Å². The van der Waals surface area contributed by atoms with Gasteiger partial charge in [0.05, 0.1) is 17.9 Å². The molecule has 0 saturated heterocycles. The highest BCUT2D eigenvalue weighted by Crippen LogP contribution is 2.14. The Kier molecular flexibility index (Phi) is 3.67. The second-order valence-electron chi connectivity index (χ2n) is 3.89. The molecule has 4 heteroatoms. The molecule has 0 fully saturated rings. The van der Waals surface area contributed by atoms with E-state index in [0.717, 1.165) is 23.6 Å². The molecular formula is C13H16N4. The van der Waals surface area contributed by atoms with E-state index in [0.29, 0.717) is 6.54 Å². The lowest BCUT2D eigenvalue weighted by atomic mass is 10.2. The van der Waals surface area contributed by atoms with E-state index in [1.165, 1.54) is 0 Å². The Bertz CT molecular complexity index is 470. The average Bonchev–Trinajstić information content (AvgIpc) is 2.40. The Hall–Kier alpha value is -1.94. The molecule has 88 valence electrons. The first-order valence-electron chi connectivity index (χ1n) is 5.55. The quantitative estimate of drug-likeness (QED) is 0.863. The monoisotopic (exact) mass is 228 g/mol. The van der Waals surface area contributed by atoms with Crippen LogP contribution in [0.3, 0.4) is 0 Å². The summed E-state index contributed by atoms with van der Waals surface area (Å²) in [5.74, 6) is 0. The Balaban J connectivity index is 2.11. The molecule has 0 spiro atoms. The molecule has 2 aromatic heterocycles. The van der Waals surface area contributed by atoms with E-state index in [4.69, 9.17) is 5.73 Å². The van der Waals surface area contributed by atoms with Crippen molar-refractivity contribution < 1.29 is 0 Å². The molecule has 0 atom stereocenters. The molecule has 0 unspecified atom stereocenters. The van der Waals surface area contributed by atoms with Crippen LogP contribution in [-0.2, 0) is 13.1 Å². The largest absolute Gasteiger partial charge is 0.369 e. The number of hydrogen-bond donors (Lipinski definition) is 1. The van der Waals surface area contributed by atoms with Gasteiger partial charge < -0.3 is 10.6 Å². The van der Waals surface area contributed by atoms with Crippen LogP contribution in [0.1, 0.15) is 11.4 Å². The maximum absolute atomic E-state index is 5.58. The summed E-state index contributed by atoms with van der Waals surface area (Å²) in [4.78, 5) is 10.6. The highest BCUT2D eigenvalue weighted by molar-refractivity contribution is 5.45. The molecular weight excluding hydrogens is 212 g/mol. The third-order valence-corrected chi connectivity index (χ3v) is 2.58. The van der Waals surface area contributed by atoms with E-state index in [1.54, 1.807) is 12.4 Å². The topological polar surface area (TPSA) is 55.0 Å². The first-order valence-corrected chi connectivity index (χ1v) is 5.55. The van der Waals surface area contributed by atoms with Crippen LogP contribution in [0.25, 0.3) is 0 Å². The Morgan fingerprint density at radius 1 is 1.12 bits per heavy atom. The second kappa shape index (κ2) is 5.41. The Labute approximate surface area is 101 Å². The van der Waals surface area contributed by atoms with Crippen LogP contribution < -0.4 is 10.6 Å². The zero-order valence-electron chi connectivity index (χ0n) is 9.87. The predicted octanol–water partition coefficient (Wildman–Crippen LogP) is 1.57. The van der Waals surface area contributed by atoms with Gasteiger partial charge in [-0.05, 0) is 24.3 Å². The zero-order chi connectivity index (χ0) is 12.1. The van der Waals surface area contributed by atoms with E-state index < -0.39 is 0 Å². The molecule has 17 heavy (non-hydrogen) atoms. The van der Waals surface area contributed by atoms with Crippen molar-refractivity contribution in [3.05, 3.63) is 54.1 Å². The molecule has 0 aliphatic carbocycles. The van der Waals surface area contributed by atoms with Crippen LogP contribution in [0, 0.1) is 0 Å². The van der Waals surface area contributed by atoms with Gasteiger partial charge in [0.25, 0.3) is 0 Å². The van der Waals surface area contributed by atoms with Gasteiger partial charge in [0, 0.05) is 31.7 Å². The molecule has 2 rings (SSSR count). The SMILES string of the molecule is CN(Cc1ccccn1)c1ccnc(CN)c1. The Morgan fingerprint density at radius 2 is 1.94 bits per heavy atom. The normalized spacial score (nSPS) is 10.2. The van der Waals surface area contributed by atoms with Crippen molar-refractivity contribution in [2.45, 2.75) is 13.1 Å². The number of hydrogen-bond acceptors (Lipinski definition) is 4. The van der Waals surface area contributed by atoms with Crippen molar-refractivity contribution >= 4 is 5.69 Å². The number of nitrogens with zero attached hydrogens (tertiary/aromatic N) is 3. The maximum atomic E-state index is 5.58. The highest BCUT2D eigenvalue weighted by atomic mass is 15.1. The maximum Gasteiger partial charge on any atom is 0.0598 e. The number of nitrogens with two attached hydrogens (primary N) is 1. The summed E-state index contributed by atoms with van der Waals surface area (Å²) >= 11 is 0. The molecule has 2 N–H and O–H groups in total. The third kappa shape index (κ3) is 3.01. The van der Waals surface area contributed by atoms with Gasteiger partial charge in [0.2, 0.25) is 0 Å². The second-order valence-corrected chi connectivity index (χ2v) is 3.89. The average molecular weight is 228 g/mol. The Morgan fingerprint density at radius 3 is 2.65 bits per heavy atom. The van der Waals surface area contributed by atoms with Gasteiger partial charge in [-0.1, -0.05) is 6.07 Å². The van der Waals surface area contributed by atoms with Gasteiger partial charge in [-0.25, -0.2) is 0 Å². The molecule has 0 aliphatic rings. The van der Waals surface area contributed by atoms with E-state index in [9.17, 15) is 0 Å². The van der Waals surface area contributed by atoms with Crippen LogP contribution in [0.5, 0.6) is 0 Å². The lowest BCUT2D eigenvalue weighted by Crippen LogP contribution is -2.17. The van der Waals surface area contributed by atoms with Gasteiger partial charge in [-0.2, -0.15) is 0 Å². The van der Waals surface area contributed by atoms with Crippen LogP contribution in [0.2, 0.25) is 0 Å². The number of pyridine rings is 2. The molecule has 0 saturated carbocycles. The fraction of sp³-hybridized carbons (Fsp3) is 0.231. The van der Waals surface area contributed by atoms with Crippen LogP contribution in [0.4, 0.5) is 5.69 Å². The molecule has 0 aromatic carbocycles. The van der Waals surface area contributed by atoms with Crippen LogP contribution in [0.15, 0.2) is 42.7 Å². The minimum atomic E-state index is 0.464. The minimum Gasteiger partial charge on any atom is -0.369 e. The van der Waals surface area contributed by atoms with Crippen molar-refractivity contribution in [2.75, 3.05) is 11.9 Å². The lowest BCUT2D eigenvalue weighted by Gasteiger charge is -2.19. The molecule has 0 bridgehead atoms. The van der Waals surface area contributed by atoms with Crippen molar-refractivity contribution in [1.29, 1.82) is 0 Å². The summed E-state index contributed by atoms with van der Waals surface area (Å²) in [6.45, 7) is 1.24. The number of aromatic nitrogens is 2. The van der Waals surface area contributed by atoms with Gasteiger partial charge >= 0.3 is 0 Å². The lowest BCUT2D eigenvalue weighted by molar-refractivity contribution is 0.877. The summed E-state index contributed by atoms with van der Waals surface area (Å²) < 4.78 is 0. The molecule has 2 aromatic rings. The molecule has 2 heterocycles. The summed E-state index contributed by atoms with van der Waals surface area (Å²) in [5, 5.41) is 0. The summed E-state index contributed by atoms with van der Waals surface area (Å²) in [5.41, 5.74) is 8.62. The predicted molar refractivity (Wildman–Crippen MR) is 68.5 cm³/mol. The molecule has 0 radical (unpaired) electrons. The summed E-state index contributed by atoms with van der Waals surface area (Å²) in [7, 11) is 2.03. The zero-order valence-corrected chi connectivity index (χ0v) is 9.87. The van der Waals surface area contributed by atoms with E-state index in [-0.39, 0.29) is 0 Å². The van der Waals surface area contributed by atoms with Crippen molar-refractivity contribution in [1.82, 2.24) is 9.97 Å². The first-order chi connectivity index (χ1) is 8.29. The van der Waals surface area contributed by atoms with Gasteiger partial charge in [-0.15, -0.1) is 0 Å². The highest BCUT2D eigenvalue weighted by Gasteiger charge is 2.03. The van der Waals surface area contributed by atoms with E-state index in [1.807, 2.05) is 37.4 Å².